The summed E-state index contributed by atoms with van der Waals surface area (Å²) in [6, 6.07) is 0.259. The number of nitrogens with zero attached hydrogens (tertiary/aromatic N) is 2. The van der Waals surface area contributed by atoms with Gasteiger partial charge in [0.15, 0.2) is 0 Å². The van der Waals surface area contributed by atoms with E-state index >= 15 is 0 Å². The number of amides is 2. The third-order valence-electron chi connectivity index (χ3n) is 4.88. The monoisotopic (exact) mass is 297 g/mol. The highest BCUT2D eigenvalue weighted by Crippen LogP contribution is 2.33. The zero-order chi connectivity index (χ0) is 15.5. The van der Waals surface area contributed by atoms with Crippen molar-refractivity contribution in [2.45, 2.75) is 57.5 Å². The number of carboxylic acids is 1. The van der Waals surface area contributed by atoms with E-state index in [4.69, 9.17) is 5.11 Å². The molecule has 2 fully saturated rings. The first kappa shape index (κ1) is 16.1. The molecule has 1 atom stereocenters. The maximum atomic E-state index is 12.5. The van der Waals surface area contributed by atoms with Gasteiger partial charge >= 0.3 is 12.0 Å². The van der Waals surface area contributed by atoms with Gasteiger partial charge in [-0.05, 0) is 26.3 Å². The molecule has 0 radical (unpaired) electrons. The fraction of sp³-hybridized carbons (Fsp3) is 0.867. The smallest absolute Gasteiger partial charge is 0.317 e. The number of likely N-dealkylation sites (N-methyl/N-ethyl adjacent to an activating group) is 1. The van der Waals surface area contributed by atoms with Crippen LogP contribution >= 0.6 is 0 Å². The van der Waals surface area contributed by atoms with Crippen molar-refractivity contribution in [3.63, 3.8) is 0 Å². The van der Waals surface area contributed by atoms with Crippen LogP contribution in [-0.2, 0) is 4.79 Å². The Labute approximate surface area is 126 Å². The van der Waals surface area contributed by atoms with E-state index in [1.54, 1.807) is 0 Å². The molecule has 2 aliphatic rings. The highest BCUT2D eigenvalue weighted by atomic mass is 16.4. The van der Waals surface area contributed by atoms with E-state index in [0.717, 1.165) is 38.8 Å². The number of rotatable bonds is 4. The minimum Gasteiger partial charge on any atom is -0.481 e. The predicted molar refractivity (Wildman–Crippen MR) is 80.3 cm³/mol. The molecule has 1 aliphatic heterocycles. The second kappa shape index (κ2) is 6.64. The molecule has 2 amide bonds. The van der Waals surface area contributed by atoms with Crippen LogP contribution in [0.15, 0.2) is 0 Å². The number of urea groups is 1. The third kappa shape index (κ3) is 3.87. The van der Waals surface area contributed by atoms with Gasteiger partial charge in [0.1, 0.15) is 0 Å². The largest absolute Gasteiger partial charge is 0.481 e. The summed E-state index contributed by atoms with van der Waals surface area (Å²) in [6.45, 7) is 7.57. The summed E-state index contributed by atoms with van der Waals surface area (Å²) in [5.74, 6) is -0.832. The minimum atomic E-state index is -0.832. The fourth-order valence-corrected chi connectivity index (χ4v) is 3.64. The third-order valence-corrected chi connectivity index (χ3v) is 4.88. The molecule has 1 saturated heterocycles. The average molecular weight is 297 g/mol. The van der Waals surface area contributed by atoms with E-state index in [9.17, 15) is 9.59 Å². The number of piperazine rings is 1. The van der Waals surface area contributed by atoms with Gasteiger partial charge < -0.3 is 15.3 Å². The van der Waals surface area contributed by atoms with E-state index in [0.29, 0.717) is 19.1 Å². The van der Waals surface area contributed by atoms with Crippen molar-refractivity contribution in [2.75, 3.05) is 26.2 Å². The first-order valence-corrected chi connectivity index (χ1v) is 7.99. The number of carbonyl (C=O) groups is 2. The van der Waals surface area contributed by atoms with Gasteiger partial charge in [0.2, 0.25) is 0 Å². The zero-order valence-electron chi connectivity index (χ0n) is 13.1. The van der Waals surface area contributed by atoms with Crippen LogP contribution in [0.3, 0.4) is 0 Å². The van der Waals surface area contributed by atoms with E-state index in [1.807, 2.05) is 4.90 Å². The van der Waals surface area contributed by atoms with Crippen LogP contribution in [0.4, 0.5) is 4.79 Å². The number of aliphatic carboxylic acids is 1. The Kier molecular flexibility index (Phi) is 5.08. The van der Waals surface area contributed by atoms with Crippen molar-refractivity contribution < 1.29 is 14.7 Å². The number of hydrogen-bond donors (Lipinski definition) is 2. The van der Waals surface area contributed by atoms with Gasteiger partial charge in [-0.3, -0.25) is 9.69 Å². The SMILES string of the molecule is CCN1CCN(C(=O)NC2(CC(=O)O)CCCC2)CC1C. The summed E-state index contributed by atoms with van der Waals surface area (Å²) in [7, 11) is 0. The van der Waals surface area contributed by atoms with Gasteiger partial charge in [-0.15, -0.1) is 0 Å². The highest BCUT2D eigenvalue weighted by Gasteiger charge is 2.39. The molecule has 0 bridgehead atoms. The Bertz CT molecular complexity index is 394. The van der Waals surface area contributed by atoms with E-state index in [2.05, 4.69) is 24.1 Å². The van der Waals surface area contributed by atoms with E-state index in [-0.39, 0.29) is 12.5 Å². The molecular weight excluding hydrogens is 270 g/mol. The molecule has 2 N–H and O–H groups in total. The van der Waals surface area contributed by atoms with Crippen LogP contribution in [0.5, 0.6) is 0 Å². The first-order chi connectivity index (χ1) is 9.96. The lowest BCUT2D eigenvalue weighted by molar-refractivity contribution is -0.138. The normalized spacial score (nSPS) is 25.8. The summed E-state index contributed by atoms with van der Waals surface area (Å²) in [6.07, 6.45) is 3.56. The van der Waals surface area contributed by atoms with E-state index < -0.39 is 11.5 Å². The summed E-state index contributed by atoms with van der Waals surface area (Å²) < 4.78 is 0. The van der Waals surface area contributed by atoms with E-state index in [1.165, 1.54) is 0 Å². The molecule has 1 saturated carbocycles. The van der Waals surface area contributed by atoms with Crippen LogP contribution in [0, 0.1) is 0 Å². The Morgan fingerprint density at radius 1 is 1.29 bits per heavy atom. The second-order valence-corrected chi connectivity index (χ2v) is 6.41. The molecule has 0 aromatic rings. The molecule has 1 unspecified atom stereocenters. The summed E-state index contributed by atoms with van der Waals surface area (Å²) in [5, 5.41) is 12.1. The summed E-state index contributed by atoms with van der Waals surface area (Å²) in [5.41, 5.74) is -0.534. The van der Waals surface area contributed by atoms with Gasteiger partial charge in [-0.25, -0.2) is 4.79 Å². The molecule has 0 spiro atoms. The molecule has 2 rings (SSSR count). The molecule has 0 aromatic carbocycles. The van der Waals surface area contributed by atoms with Gasteiger partial charge in [0, 0.05) is 25.7 Å². The Morgan fingerprint density at radius 3 is 2.48 bits per heavy atom. The van der Waals surface area contributed by atoms with Crippen LogP contribution < -0.4 is 5.32 Å². The van der Waals surface area contributed by atoms with Crippen molar-refractivity contribution in [3.8, 4) is 0 Å². The Morgan fingerprint density at radius 2 is 1.95 bits per heavy atom. The van der Waals surface area contributed by atoms with Crippen LogP contribution in [0.25, 0.3) is 0 Å². The van der Waals surface area contributed by atoms with Crippen LogP contribution in [0.1, 0.15) is 46.0 Å². The molecule has 1 heterocycles. The summed E-state index contributed by atoms with van der Waals surface area (Å²) in [4.78, 5) is 27.8. The lowest BCUT2D eigenvalue weighted by Crippen LogP contribution is -2.59. The van der Waals surface area contributed by atoms with Gasteiger partial charge in [-0.1, -0.05) is 19.8 Å². The van der Waals surface area contributed by atoms with Crippen molar-refractivity contribution in [1.29, 1.82) is 0 Å². The molecule has 6 nitrogen and oxygen atoms in total. The van der Waals surface area contributed by atoms with Crippen molar-refractivity contribution in [1.82, 2.24) is 15.1 Å². The standard InChI is InChI=1S/C15H27N3O3/c1-3-17-8-9-18(11-12(17)2)14(21)16-15(10-13(19)20)6-4-5-7-15/h12H,3-11H2,1-2H3,(H,16,21)(H,19,20). The van der Waals surface area contributed by atoms with Crippen LogP contribution in [-0.4, -0.2) is 64.7 Å². The quantitative estimate of drug-likeness (QED) is 0.825. The molecule has 120 valence electrons. The Balaban J connectivity index is 1.95. The van der Waals surface area contributed by atoms with Crippen molar-refractivity contribution in [3.05, 3.63) is 0 Å². The highest BCUT2D eigenvalue weighted by molar-refractivity contribution is 5.77. The molecule has 6 heteroatoms. The maximum Gasteiger partial charge on any atom is 0.317 e. The van der Waals surface area contributed by atoms with Gasteiger partial charge in [-0.2, -0.15) is 0 Å². The van der Waals surface area contributed by atoms with Crippen molar-refractivity contribution in [2.24, 2.45) is 0 Å². The zero-order valence-corrected chi connectivity index (χ0v) is 13.1. The lowest BCUT2D eigenvalue weighted by atomic mass is 9.93. The van der Waals surface area contributed by atoms with Crippen molar-refractivity contribution >= 4 is 12.0 Å². The first-order valence-electron chi connectivity index (χ1n) is 7.99. The number of carboxylic acid groups (broad SMARTS) is 1. The molecule has 21 heavy (non-hydrogen) atoms. The minimum absolute atomic E-state index is 0.0310. The maximum absolute atomic E-state index is 12.5. The van der Waals surface area contributed by atoms with Gasteiger partial charge in [0.25, 0.3) is 0 Å². The molecule has 0 aromatic heterocycles. The summed E-state index contributed by atoms with van der Waals surface area (Å²) >= 11 is 0. The fourth-order valence-electron chi connectivity index (χ4n) is 3.64. The lowest BCUT2D eigenvalue weighted by Gasteiger charge is -2.41. The van der Waals surface area contributed by atoms with Gasteiger partial charge in [0.05, 0.1) is 12.0 Å². The second-order valence-electron chi connectivity index (χ2n) is 6.41. The topological polar surface area (TPSA) is 72.9 Å². The molecular formula is C15H27N3O3. The number of hydrogen-bond acceptors (Lipinski definition) is 3. The average Bonchev–Trinajstić information content (AvgIpc) is 2.85. The van der Waals surface area contributed by atoms with Crippen LogP contribution in [0.2, 0.25) is 0 Å². The number of carbonyl (C=O) groups excluding carboxylic acids is 1. The number of nitrogens with one attached hydrogen (secondary N) is 1. The molecule has 1 aliphatic carbocycles. The Hall–Kier alpha value is -1.30. The predicted octanol–water partition coefficient (Wildman–Crippen LogP) is 1.51.